The zero-order valence-corrected chi connectivity index (χ0v) is 13.7. The lowest BCUT2D eigenvalue weighted by atomic mass is 9.87. The summed E-state index contributed by atoms with van der Waals surface area (Å²) in [5, 5.41) is 3.97. The van der Waals surface area contributed by atoms with E-state index in [-0.39, 0.29) is 16.5 Å². The molecule has 0 saturated heterocycles. The van der Waals surface area contributed by atoms with Crippen LogP contribution in [0.5, 0.6) is 0 Å². The monoisotopic (exact) mass is 317 g/mol. The van der Waals surface area contributed by atoms with Crippen molar-refractivity contribution in [2.45, 2.75) is 56.9 Å². The number of anilines is 2. The van der Waals surface area contributed by atoms with Crippen LogP contribution in [0.3, 0.4) is 0 Å². The summed E-state index contributed by atoms with van der Waals surface area (Å²) in [6.07, 6.45) is 5.10. The molecule has 1 fully saturated rings. The second kappa shape index (κ2) is 6.30. The van der Waals surface area contributed by atoms with Crippen LogP contribution in [0.15, 0.2) is 4.90 Å². The minimum absolute atomic E-state index is 0.117. The largest absolute Gasteiger partial charge is 0.382 e. The van der Waals surface area contributed by atoms with Gasteiger partial charge in [-0.2, -0.15) is 4.37 Å². The van der Waals surface area contributed by atoms with Crippen LogP contribution in [0, 0.1) is 5.92 Å². The van der Waals surface area contributed by atoms with Gasteiger partial charge in [-0.05, 0) is 49.6 Å². The van der Waals surface area contributed by atoms with Crippen LogP contribution < -0.4 is 11.1 Å². The molecular formula is C13H23N3O2S2. The molecule has 1 heterocycles. The standard InChI is InChI=1S/C13H23N3O2S2/c1-3-8-20(17,18)11-12(14)16-19-13(11)15-10-6-4-9(2)5-7-10/h9-10,15H,3-8H2,1-2H3,(H2,14,16). The minimum Gasteiger partial charge on any atom is -0.382 e. The van der Waals surface area contributed by atoms with Crippen LogP contribution in [0.4, 0.5) is 10.8 Å². The fourth-order valence-corrected chi connectivity index (χ4v) is 5.33. The second-order valence-electron chi connectivity index (χ2n) is 5.65. The SMILES string of the molecule is CCCS(=O)(=O)c1c(N)nsc1NC1CCC(C)CC1. The van der Waals surface area contributed by atoms with Gasteiger partial charge in [-0.25, -0.2) is 8.42 Å². The summed E-state index contributed by atoms with van der Waals surface area (Å²) >= 11 is 1.16. The van der Waals surface area contributed by atoms with Crippen LogP contribution in [-0.2, 0) is 9.84 Å². The Morgan fingerprint density at radius 3 is 2.60 bits per heavy atom. The van der Waals surface area contributed by atoms with E-state index in [1.54, 1.807) is 0 Å². The first-order chi connectivity index (χ1) is 9.44. The van der Waals surface area contributed by atoms with Gasteiger partial charge in [-0.15, -0.1) is 0 Å². The van der Waals surface area contributed by atoms with Crippen LogP contribution >= 0.6 is 11.5 Å². The molecule has 0 aromatic carbocycles. The molecule has 0 amide bonds. The van der Waals surface area contributed by atoms with E-state index in [0.717, 1.165) is 30.3 Å². The highest BCUT2D eigenvalue weighted by atomic mass is 32.2. The highest BCUT2D eigenvalue weighted by Crippen LogP contribution is 2.35. The van der Waals surface area contributed by atoms with Crippen LogP contribution in [0.1, 0.15) is 46.0 Å². The van der Waals surface area contributed by atoms with Gasteiger partial charge in [0, 0.05) is 6.04 Å². The Morgan fingerprint density at radius 1 is 1.35 bits per heavy atom. The van der Waals surface area contributed by atoms with E-state index in [0.29, 0.717) is 17.5 Å². The molecule has 114 valence electrons. The number of nitrogen functional groups attached to an aromatic ring is 1. The molecule has 20 heavy (non-hydrogen) atoms. The smallest absolute Gasteiger partial charge is 0.185 e. The van der Waals surface area contributed by atoms with E-state index in [4.69, 9.17) is 5.73 Å². The third-order valence-electron chi connectivity index (χ3n) is 3.81. The van der Waals surface area contributed by atoms with Crippen molar-refractivity contribution in [3.05, 3.63) is 0 Å². The summed E-state index contributed by atoms with van der Waals surface area (Å²) in [5.74, 6) is 1.02. The molecule has 0 aliphatic heterocycles. The third-order valence-corrected chi connectivity index (χ3v) is 6.71. The van der Waals surface area contributed by atoms with Crippen LogP contribution in [-0.4, -0.2) is 24.6 Å². The minimum atomic E-state index is -3.33. The molecule has 2 rings (SSSR count). The maximum atomic E-state index is 12.3. The molecule has 0 radical (unpaired) electrons. The summed E-state index contributed by atoms with van der Waals surface area (Å²) < 4.78 is 28.6. The normalized spacial score (nSPS) is 23.7. The summed E-state index contributed by atoms with van der Waals surface area (Å²) in [6.45, 7) is 4.11. The number of nitrogens with one attached hydrogen (secondary N) is 1. The lowest BCUT2D eigenvalue weighted by molar-refractivity contribution is 0.361. The molecule has 0 bridgehead atoms. The van der Waals surface area contributed by atoms with Gasteiger partial charge in [0.05, 0.1) is 5.75 Å². The van der Waals surface area contributed by atoms with Crippen LogP contribution in [0.25, 0.3) is 0 Å². The van der Waals surface area contributed by atoms with Crippen molar-refractivity contribution in [1.29, 1.82) is 0 Å². The van der Waals surface area contributed by atoms with Crippen molar-refractivity contribution in [1.82, 2.24) is 4.37 Å². The molecule has 1 saturated carbocycles. The number of rotatable bonds is 5. The number of hydrogen-bond donors (Lipinski definition) is 2. The topological polar surface area (TPSA) is 85.1 Å². The molecule has 1 aliphatic rings. The van der Waals surface area contributed by atoms with Gasteiger partial charge < -0.3 is 11.1 Å². The Bertz CT molecular complexity index is 546. The van der Waals surface area contributed by atoms with Gasteiger partial charge in [-0.3, -0.25) is 0 Å². The Balaban J connectivity index is 2.17. The lowest BCUT2D eigenvalue weighted by Gasteiger charge is -2.27. The average molecular weight is 317 g/mol. The molecule has 5 nitrogen and oxygen atoms in total. The lowest BCUT2D eigenvalue weighted by Crippen LogP contribution is -2.25. The Morgan fingerprint density at radius 2 is 2.00 bits per heavy atom. The van der Waals surface area contributed by atoms with E-state index in [1.807, 2.05) is 6.92 Å². The fraction of sp³-hybridized carbons (Fsp3) is 0.769. The Hall–Kier alpha value is -0.820. The van der Waals surface area contributed by atoms with Gasteiger partial charge in [0.25, 0.3) is 0 Å². The van der Waals surface area contributed by atoms with Gasteiger partial charge in [0.15, 0.2) is 15.7 Å². The number of nitrogens with two attached hydrogens (primary N) is 1. The summed E-state index contributed by atoms with van der Waals surface area (Å²) in [5.41, 5.74) is 5.77. The Kier molecular flexibility index (Phi) is 4.90. The first-order valence-corrected chi connectivity index (χ1v) is 9.61. The van der Waals surface area contributed by atoms with Crippen molar-refractivity contribution in [2.75, 3.05) is 16.8 Å². The molecule has 0 unspecified atom stereocenters. The number of aromatic nitrogens is 1. The van der Waals surface area contributed by atoms with Gasteiger partial charge in [0.1, 0.15) is 9.90 Å². The zero-order chi connectivity index (χ0) is 14.8. The molecule has 3 N–H and O–H groups in total. The average Bonchev–Trinajstić information content (AvgIpc) is 2.74. The second-order valence-corrected chi connectivity index (χ2v) is 8.47. The highest BCUT2D eigenvalue weighted by Gasteiger charge is 2.27. The quantitative estimate of drug-likeness (QED) is 0.872. The first-order valence-electron chi connectivity index (χ1n) is 7.18. The molecule has 7 heteroatoms. The predicted molar refractivity (Wildman–Crippen MR) is 83.9 cm³/mol. The van der Waals surface area contributed by atoms with Crippen molar-refractivity contribution in [3.8, 4) is 0 Å². The third kappa shape index (κ3) is 3.44. The molecule has 1 aromatic heterocycles. The molecule has 1 aliphatic carbocycles. The van der Waals surface area contributed by atoms with E-state index < -0.39 is 9.84 Å². The van der Waals surface area contributed by atoms with Crippen molar-refractivity contribution in [2.24, 2.45) is 5.92 Å². The molecule has 0 spiro atoms. The maximum Gasteiger partial charge on any atom is 0.185 e. The van der Waals surface area contributed by atoms with Crippen molar-refractivity contribution in [3.63, 3.8) is 0 Å². The van der Waals surface area contributed by atoms with E-state index in [9.17, 15) is 8.42 Å². The predicted octanol–water partition coefficient (Wildman–Crippen LogP) is 2.90. The maximum absolute atomic E-state index is 12.3. The van der Waals surface area contributed by atoms with Gasteiger partial charge >= 0.3 is 0 Å². The van der Waals surface area contributed by atoms with Crippen molar-refractivity contribution >= 4 is 32.2 Å². The Labute approximate surface area is 125 Å². The van der Waals surface area contributed by atoms with E-state index >= 15 is 0 Å². The van der Waals surface area contributed by atoms with Gasteiger partial charge in [0.2, 0.25) is 0 Å². The van der Waals surface area contributed by atoms with Crippen molar-refractivity contribution < 1.29 is 8.42 Å². The molecule has 1 aromatic rings. The zero-order valence-electron chi connectivity index (χ0n) is 12.1. The number of sulfone groups is 1. The van der Waals surface area contributed by atoms with E-state index in [1.165, 1.54) is 12.8 Å². The number of hydrogen-bond acceptors (Lipinski definition) is 6. The summed E-state index contributed by atoms with van der Waals surface area (Å²) in [4.78, 5) is 0.211. The summed E-state index contributed by atoms with van der Waals surface area (Å²) in [6, 6.07) is 0.335. The molecule has 0 atom stereocenters. The number of nitrogens with zero attached hydrogens (tertiary/aromatic N) is 1. The molecular weight excluding hydrogens is 294 g/mol. The highest BCUT2D eigenvalue weighted by molar-refractivity contribution is 7.91. The van der Waals surface area contributed by atoms with Gasteiger partial charge in [-0.1, -0.05) is 13.8 Å². The van der Waals surface area contributed by atoms with E-state index in [2.05, 4.69) is 16.6 Å². The fourth-order valence-electron chi connectivity index (χ4n) is 2.65. The summed E-state index contributed by atoms with van der Waals surface area (Å²) in [7, 11) is -3.33. The first kappa shape index (κ1) is 15.6. The van der Waals surface area contributed by atoms with Crippen LogP contribution in [0.2, 0.25) is 0 Å².